The highest BCUT2D eigenvalue weighted by Gasteiger charge is 2.21. The van der Waals surface area contributed by atoms with Gasteiger partial charge in [0.15, 0.2) is 0 Å². The zero-order chi connectivity index (χ0) is 13.1. The van der Waals surface area contributed by atoms with E-state index < -0.39 is 0 Å². The van der Waals surface area contributed by atoms with Gasteiger partial charge in [-0.1, -0.05) is 45.6 Å². The highest BCUT2D eigenvalue weighted by atomic mass is 16.5. The first-order valence-corrected chi connectivity index (χ1v) is 6.82. The lowest BCUT2D eigenvalue weighted by Crippen LogP contribution is -2.21. The van der Waals surface area contributed by atoms with Gasteiger partial charge in [-0.25, -0.2) is 0 Å². The second kappa shape index (κ2) is 10.4. The average Bonchev–Trinajstić information content (AvgIpc) is 2.31. The molecule has 0 saturated carbocycles. The molecule has 0 aliphatic rings. The van der Waals surface area contributed by atoms with E-state index in [1.54, 1.807) is 0 Å². The Morgan fingerprint density at radius 1 is 1.18 bits per heavy atom. The van der Waals surface area contributed by atoms with Gasteiger partial charge in [-0.3, -0.25) is 4.79 Å². The monoisotopic (exact) mass is 240 g/mol. The number of hydrogen-bond acceptors (Lipinski definition) is 2. The molecule has 0 aliphatic heterocycles. The molecule has 0 aromatic heterocycles. The number of carbonyl (C=O) groups is 1. The van der Waals surface area contributed by atoms with Crippen molar-refractivity contribution in [3.8, 4) is 0 Å². The summed E-state index contributed by atoms with van der Waals surface area (Å²) < 4.78 is 4.83. The maximum absolute atomic E-state index is 11.5. The number of ether oxygens (including phenoxy) is 1. The molecular formula is C15H28O2. The minimum atomic E-state index is -0.0494. The summed E-state index contributed by atoms with van der Waals surface area (Å²) in [6, 6.07) is 0. The summed E-state index contributed by atoms with van der Waals surface area (Å²) in [7, 11) is 1.48. The Bertz CT molecular complexity index is 209. The Morgan fingerprint density at radius 2 is 1.76 bits per heavy atom. The Labute approximate surface area is 106 Å². The Morgan fingerprint density at radius 3 is 2.29 bits per heavy atom. The van der Waals surface area contributed by atoms with E-state index in [4.69, 9.17) is 4.74 Å². The Balaban J connectivity index is 3.62. The summed E-state index contributed by atoms with van der Waals surface area (Å²) in [4.78, 5) is 11.5. The minimum Gasteiger partial charge on any atom is -0.469 e. The molecule has 0 bridgehead atoms. The number of unbranched alkanes of at least 4 members (excludes halogenated alkanes) is 5. The molecule has 0 aromatic rings. The number of carbonyl (C=O) groups excluding carboxylic acids is 1. The van der Waals surface area contributed by atoms with Crippen molar-refractivity contribution in [2.45, 2.75) is 58.8 Å². The molecule has 0 radical (unpaired) electrons. The van der Waals surface area contributed by atoms with E-state index in [9.17, 15) is 4.79 Å². The van der Waals surface area contributed by atoms with Crippen molar-refractivity contribution in [2.75, 3.05) is 7.11 Å². The number of hydrogen-bond donors (Lipinski definition) is 0. The third-order valence-electron chi connectivity index (χ3n) is 3.23. The van der Waals surface area contributed by atoms with E-state index in [1.807, 2.05) is 6.08 Å². The van der Waals surface area contributed by atoms with Gasteiger partial charge in [-0.05, 0) is 25.2 Å². The van der Waals surface area contributed by atoms with Crippen molar-refractivity contribution in [3.05, 3.63) is 12.7 Å². The van der Waals surface area contributed by atoms with Gasteiger partial charge in [-0.2, -0.15) is 0 Å². The van der Waals surface area contributed by atoms with Crippen LogP contribution in [0.3, 0.4) is 0 Å². The van der Waals surface area contributed by atoms with Gasteiger partial charge in [0.25, 0.3) is 0 Å². The molecule has 0 fully saturated rings. The van der Waals surface area contributed by atoms with Crippen LogP contribution in [0.2, 0.25) is 0 Å². The molecule has 0 heterocycles. The summed E-state index contributed by atoms with van der Waals surface area (Å²) in [5, 5.41) is 0. The standard InChI is InChI=1S/C15H28O2/c1-5-6-7-8-9-10-11-12-14(13(2)3)15(16)17-4/h5,13-14H,1,6-12H2,2-4H3. The Kier molecular flexibility index (Phi) is 9.89. The van der Waals surface area contributed by atoms with Crippen molar-refractivity contribution in [3.63, 3.8) is 0 Å². The second-order valence-electron chi connectivity index (χ2n) is 5.01. The summed E-state index contributed by atoms with van der Waals surface area (Å²) in [6.45, 7) is 7.89. The molecule has 17 heavy (non-hydrogen) atoms. The van der Waals surface area contributed by atoms with Crippen LogP contribution < -0.4 is 0 Å². The van der Waals surface area contributed by atoms with Crippen molar-refractivity contribution in [1.82, 2.24) is 0 Å². The third-order valence-corrected chi connectivity index (χ3v) is 3.23. The fourth-order valence-electron chi connectivity index (χ4n) is 2.06. The number of methoxy groups -OCH3 is 1. The van der Waals surface area contributed by atoms with Gasteiger partial charge in [0.05, 0.1) is 13.0 Å². The van der Waals surface area contributed by atoms with Crippen LogP contribution in [0.15, 0.2) is 12.7 Å². The van der Waals surface area contributed by atoms with Crippen LogP contribution >= 0.6 is 0 Å². The maximum atomic E-state index is 11.5. The summed E-state index contributed by atoms with van der Waals surface area (Å²) in [6.07, 6.45) is 10.2. The van der Waals surface area contributed by atoms with Crippen LogP contribution in [0.5, 0.6) is 0 Å². The highest BCUT2D eigenvalue weighted by Crippen LogP contribution is 2.20. The average molecular weight is 240 g/mol. The van der Waals surface area contributed by atoms with Crippen molar-refractivity contribution in [1.29, 1.82) is 0 Å². The molecule has 0 aliphatic carbocycles. The van der Waals surface area contributed by atoms with Gasteiger partial charge in [0.1, 0.15) is 0 Å². The van der Waals surface area contributed by atoms with Crippen molar-refractivity contribution in [2.24, 2.45) is 11.8 Å². The lowest BCUT2D eigenvalue weighted by molar-refractivity contribution is -0.147. The zero-order valence-electron chi connectivity index (χ0n) is 11.7. The topological polar surface area (TPSA) is 26.3 Å². The van der Waals surface area contributed by atoms with Crippen LogP contribution in [0.25, 0.3) is 0 Å². The highest BCUT2D eigenvalue weighted by molar-refractivity contribution is 5.72. The minimum absolute atomic E-state index is 0.0494. The van der Waals surface area contributed by atoms with E-state index in [0.717, 1.165) is 19.3 Å². The molecule has 0 saturated heterocycles. The van der Waals surface area contributed by atoms with Gasteiger partial charge >= 0.3 is 5.97 Å². The number of esters is 1. The number of rotatable bonds is 10. The molecule has 100 valence electrons. The van der Waals surface area contributed by atoms with Crippen LogP contribution in [0.1, 0.15) is 58.8 Å². The van der Waals surface area contributed by atoms with E-state index in [2.05, 4.69) is 20.4 Å². The first kappa shape index (κ1) is 16.2. The van der Waals surface area contributed by atoms with Crippen LogP contribution in [0, 0.1) is 11.8 Å². The summed E-state index contributed by atoms with van der Waals surface area (Å²) >= 11 is 0. The predicted octanol–water partition coefficient (Wildman–Crippen LogP) is 4.35. The van der Waals surface area contributed by atoms with Gasteiger partial charge in [0.2, 0.25) is 0 Å². The predicted molar refractivity (Wildman–Crippen MR) is 72.9 cm³/mol. The van der Waals surface area contributed by atoms with Gasteiger partial charge in [-0.15, -0.1) is 6.58 Å². The first-order valence-electron chi connectivity index (χ1n) is 6.82. The molecule has 2 nitrogen and oxygen atoms in total. The quantitative estimate of drug-likeness (QED) is 0.322. The zero-order valence-corrected chi connectivity index (χ0v) is 11.7. The van der Waals surface area contributed by atoms with E-state index in [-0.39, 0.29) is 11.9 Å². The third kappa shape index (κ3) is 8.00. The molecule has 2 heteroatoms. The van der Waals surface area contributed by atoms with Crippen molar-refractivity contribution < 1.29 is 9.53 Å². The first-order chi connectivity index (χ1) is 8.13. The lowest BCUT2D eigenvalue weighted by atomic mass is 9.90. The normalized spacial score (nSPS) is 12.5. The maximum Gasteiger partial charge on any atom is 0.308 e. The van der Waals surface area contributed by atoms with E-state index in [0.29, 0.717) is 5.92 Å². The van der Waals surface area contributed by atoms with Gasteiger partial charge < -0.3 is 4.74 Å². The molecule has 0 aromatic carbocycles. The molecular weight excluding hydrogens is 212 g/mol. The van der Waals surface area contributed by atoms with E-state index >= 15 is 0 Å². The van der Waals surface area contributed by atoms with E-state index in [1.165, 1.54) is 32.8 Å². The second-order valence-corrected chi connectivity index (χ2v) is 5.01. The fourth-order valence-corrected chi connectivity index (χ4v) is 2.06. The smallest absolute Gasteiger partial charge is 0.308 e. The summed E-state index contributed by atoms with van der Waals surface area (Å²) in [5.74, 6) is 0.406. The van der Waals surface area contributed by atoms with Crippen molar-refractivity contribution >= 4 is 5.97 Å². The Hall–Kier alpha value is -0.790. The molecule has 0 rings (SSSR count). The molecule has 0 amide bonds. The summed E-state index contributed by atoms with van der Waals surface area (Å²) in [5.41, 5.74) is 0. The molecule has 1 unspecified atom stereocenters. The fraction of sp³-hybridized carbons (Fsp3) is 0.800. The van der Waals surface area contributed by atoms with Crippen LogP contribution in [-0.4, -0.2) is 13.1 Å². The van der Waals surface area contributed by atoms with Crippen LogP contribution in [0.4, 0.5) is 0 Å². The lowest BCUT2D eigenvalue weighted by Gasteiger charge is -2.17. The molecule has 1 atom stereocenters. The largest absolute Gasteiger partial charge is 0.469 e. The number of allylic oxidation sites excluding steroid dienone is 1. The molecule has 0 N–H and O–H groups in total. The van der Waals surface area contributed by atoms with Gasteiger partial charge in [0, 0.05) is 0 Å². The SMILES string of the molecule is C=CCCCCCCCC(C(=O)OC)C(C)C. The van der Waals surface area contributed by atoms with Crippen LogP contribution in [-0.2, 0) is 9.53 Å². The molecule has 0 spiro atoms.